The van der Waals surface area contributed by atoms with Crippen LogP contribution < -0.4 is 5.32 Å². The number of ether oxygens (including phenoxy) is 2. The fraction of sp³-hybridized carbons (Fsp3) is 0.750. The molecule has 2 amide bonds. The first-order chi connectivity index (χ1) is 11.2. The molecule has 1 aromatic rings. The van der Waals surface area contributed by atoms with Gasteiger partial charge in [0.25, 0.3) is 0 Å². The second kappa shape index (κ2) is 8.08. The topological polar surface area (TPSA) is 63.7 Å². The molecule has 1 aromatic heterocycles. The number of nitrogens with zero attached hydrogens (tertiary/aromatic N) is 2. The molecule has 2 aliphatic heterocycles. The van der Waals surface area contributed by atoms with Gasteiger partial charge in [0.05, 0.1) is 18.8 Å². The molecule has 2 fully saturated rings. The summed E-state index contributed by atoms with van der Waals surface area (Å²) in [6.07, 6.45) is 4.53. The Morgan fingerprint density at radius 3 is 2.43 bits per heavy atom. The number of rotatable bonds is 6. The normalized spacial score (nSPS) is 24.0. The van der Waals surface area contributed by atoms with Crippen LogP contribution in [0.5, 0.6) is 0 Å². The van der Waals surface area contributed by atoms with Crippen LogP contribution in [-0.2, 0) is 16.0 Å². The minimum absolute atomic E-state index is 0.0520. The van der Waals surface area contributed by atoms with E-state index in [1.807, 2.05) is 17.2 Å². The van der Waals surface area contributed by atoms with Gasteiger partial charge in [0.2, 0.25) is 0 Å². The standard InChI is InChI=1S/C16H25N3O3S/c1-12-11-23-15(18-12)8-17-16(20)19(9-13-4-2-6-21-13)10-14-5-3-7-22-14/h11,13-14H,2-10H2,1H3,(H,17,20)/t13-,14-/m0/s1. The van der Waals surface area contributed by atoms with Crippen LogP contribution in [0.15, 0.2) is 5.38 Å². The minimum Gasteiger partial charge on any atom is -0.376 e. The number of hydrogen-bond acceptors (Lipinski definition) is 5. The van der Waals surface area contributed by atoms with Crippen LogP contribution in [0.4, 0.5) is 4.79 Å². The second-order valence-electron chi connectivity index (χ2n) is 6.22. The largest absolute Gasteiger partial charge is 0.376 e. The summed E-state index contributed by atoms with van der Waals surface area (Å²) in [5.74, 6) is 0. The first-order valence-corrected chi connectivity index (χ1v) is 9.25. The fourth-order valence-corrected chi connectivity index (χ4v) is 3.77. The van der Waals surface area contributed by atoms with Crippen LogP contribution >= 0.6 is 11.3 Å². The van der Waals surface area contributed by atoms with Crippen molar-refractivity contribution in [3.63, 3.8) is 0 Å². The van der Waals surface area contributed by atoms with Crippen LogP contribution in [0.2, 0.25) is 0 Å². The molecule has 1 N–H and O–H groups in total. The molecule has 0 aromatic carbocycles. The SMILES string of the molecule is Cc1csc(CNC(=O)N(C[C@@H]2CCCO2)C[C@@H]2CCCO2)n1. The smallest absolute Gasteiger partial charge is 0.317 e. The van der Waals surface area contributed by atoms with Crippen molar-refractivity contribution in [1.29, 1.82) is 0 Å². The maximum absolute atomic E-state index is 12.6. The Morgan fingerprint density at radius 1 is 1.30 bits per heavy atom. The van der Waals surface area contributed by atoms with Gasteiger partial charge in [-0.05, 0) is 32.6 Å². The van der Waals surface area contributed by atoms with Gasteiger partial charge >= 0.3 is 6.03 Å². The average molecular weight is 339 g/mol. The lowest BCUT2D eigenvalue weighted by Gasteiger charge is -2.27. The van der Waals surface area contributed by atoms with Gasteiger partial charge < -0.3 is 19.7 Å². The van der Waals surface area contributed by atoms with Gasteiger partial charge in [-0.15, -0.1) is 11.3 Å². The third-order valence-electron chi connectivity index (χ3n) is 4.24. The molecular weight excluding hydrogens is 314 g/mol. The highest BCUT2D eigenvalue weighted by Gasteiger charge is 2.26. The number of hydrogen-bond donors (Lipinski definition) is 1. The van der Waals surface area contributed by atoms with Gasteiger partial charge in [-0.1, -0.05) is 0 Å². The van der Waals surface area contributed by atoms with E-state index in [9.17, 15) is 4.79 Å². The molecule has 2 atom stereocenters. The summed E-state index contributed by atoms with van der Waals surface area (Å²) in [6.45, 7) is 5.33. The number of thiazole rings is 1. The Kier molecular flexibility index (Phi) is 5.85. The van der Waals surface area contributed by atoms with Gasteiger partial charge in [0.15, 0.2) is 0 Å². The Morgan fingerprint density at radius 2 is 1.96 bits per heavy atom. The van der Waals surface area contributed by atoms with E-state index in [1.54, 1.807) is 11.3 Å². The van der Waals surface area contributed by atoms with Crippen LogP contribution in [0.25, 0.3) is 0 Å². The van der Waals surface area contributed by atoms with Gasteiger partial charge in [-0.3, -0.25) is 0 Å². The van der Waals surface area contributed by atoms with E-state index in [-0.39, 0.29) is 18.2 Å². The van der Waals surface area contributed by atoms with Crippen molar-refractivity contribution in [3.8, 4) is 0 Å². The number of amides is 2. The molecule has 2 saturated heterocycles. The highest BCUT2D eigenvalue weighted by Crippen LogP contribution is 2.17. The van der Waals surface area contributed by atoms with Crippen molar-refractivity contribution in [3.05, 3.63) is 16.1 Å². The Balaban J connectivity index is 1.54. The molecule has 6 nitrogen and oxygen atoms in total. The van der Waals surface area contributed by atoms with Crippen molar-refractivity contribution in [2.24, 2.45) is 0 Å². The highest BCUT2D eigenvalue weighted by atomic mass is 32.1. The molecule has 0 unspecified atom stereocenters. The maximum atomic E-state index is 12.6. The molecule has 3 rings (SSSR count). The summed E-state index contributed by atoms with van der Waals surface area (Å²) >= 11 is 1.58. The first kappa shape index (κ1) is 16.7. The molecule has 3 heterocycles. The van der Waals surface area contributed by atoms with Gasteiger partial charge in [0, 0.05) is 37.4 Å². The summed E-state index contributed by atoms with van der Waals surface area (Å²) in [5.41, 5.74) is 0.995. The van der Waals surface area contributed by atoms with Gasteiger partial charge in [0.1, 0.15) is 5.01 Å². The highest BCUT2D eigenvalue weighted by molar-refractivity contribution is 7.09. The molecule has 2 aliphatic rings. The lowest BCUT2D eigenvalue weighted by atomic mass is 10.2. The Labute approximate surface area is 141 Å². The zero-order valence-corrected chi connectivity index (χ0v) is 14.4. The van der Waals surface area contributed by atoms with Crippen molar-refractivity contribution in [2.45, 2.75) is 51.4 Å². The molecule has 0 aliphatic carbocycles. The number of aromatic nitrogens is 1. The number of urea groups is 1. The van der Waals surface area contributed by atoms with E-state index in [4.69, 9.17) is 9.47 Å². The summed E-state index contributed by atoms with van der Waals surface area (Å²) in [4.78, 5) is 18.8. The summed E-state index contributed by atoms with van der Waals surface area (Å²) in [7, 11) is 0. The minimum atomic E-state index is -0.0520. The molecule has 0 spiro atoms. The molecule has 128 valence electrons. The van der Waals surface area contributed by atoms with Crippen molar-refractivity contribution in [2.75, 3.05) is 26.3 Å². The predicted octanol–water partition coefficient (Wildman–Crippen LogP) is 2.32. The van der Waals surface area contributed by atoms with Crippen LogP contribution in [0.3, 0.4) is 0 Å². The maximum Gasteiger partial charge on any atom is 0.317 e. The third-order valence-corrected chi connectivity index (χ3v) is 5.21. The Hall–Kier alpha value is -1.18. The predicted molar refractivity (Wildman–Crippen MR) is 88.6 cm³/mol. The molecule has 0 saturated carbocycles. The summed E-state index contributed by atoms with van der Waals surface area (Å²) in [5, 5.41) is 5.92. The number of aryl methyl sites for hydroxylation is 1. The third kappa shape index (κ3) is 4.89. The van der Waals surface area contributed by atoms with E-state index in [2.05, 4.69) is 10.3 Å². The molecule has 0 radical (unpaired) electrons. The monoisotopic (exact) mass is 339 g/mol. The van der Waals surface area contributed by atoms with Crippen molar-refractivity contribution in [1.82, 2.24) is 15.2 Å². The van der Waals surface area contributed by atoms with Crippen molar-refractivity contribution < 1.29 is 14.3 Å². The van der Waals surface area contributed by atoms with E-state index in [0.29, 0.717) is 19.6 Å². The zero-order valence-electron chi connectivity index (χ0n) is 13.6. The molecular formula is C16H25N3O3S. The van der Waals surface area contributed by atoms with Crippen molar-refractivity contribution >= 4 is 17.4 Å². The number of nitrogens with one attached hydrogen (secondary N) is 1. The van der Waals surface area contributed by atoms with E-state index in [0.717, 1.165) is 49.6 Å². The molecule has 7 heteroatoms. The van der Waals surface area contributed by atoms with Crippen LogP contribution in [0.1, 0.15) is 36.4 Å². The van der Waals surface area contributed by atoms with E-state index < -0.39 is 0 Å². The quantitative estimate of drug-likeness (QED) is 0.864. The molecule has 0 bridgehead atoms. The number of carbonyl (C=O) groups excluding carboxylic acids is 1. The fourth-order valence-electron chi connectivity index (χ4n) is 3.06. The lowest BCUT2D eigenvalue weighted by molar-refractivity contribution is 0.0498. The number of carbonyl (C=O) groups is 1. The summed E-state index contributed by atoms with van der Waals surface area (Å²) in [6, 6.07) is -0.0520. The summed E-state index contributed by atoms with van der Waals surface area (Å²) < 4.78 is 11.4. The van der Waals surface area contributed by atoms with E-state index in [1.165, 1.54) is 0 Å². The van der Waals surface area contributed by atoms with Crippen LogP contribution in [0, 0.1) is 6.92 Å². The van der Waals surface area contributed by atoms with Crippen LogP contribution in [-0.4, -0.2) is 54.4 Å². The van der Waals surface area contributed by atoms with Gasteiger partial charge in [-0.2, -0.15) is 0 Å². The Bertz CT molecular complexity index is 492. The lowest BCUT2D eigenvalue weighted by Crippen LogP contribution is -2.46. The van der Waals surface area contributed by atoms with E-state index >= 15 is 0 Å². The molecule has 23 heavy (non-hydrogen) atoms. The first-order valence-electron chi connectivity index (χ1n) is 8.37. The zero-order chi connectivity index (χ0) is 16.1. The van der Waals surface area contributed by atoms with Gasteiger partial charge in [-0.25, -0.2) is 9.78 Å². The second-order valence-corrected chi connectivity index (χ2v) is 7.16. The average Bonchev–Trinajstić information content (AvgIpc) is 3.27.